The molecule has 1 atom stereocenters. The number of nitrogens with zero attached hydrogens (tertiary/aromatic N) is 1. The highest BCUT2D eigenvalue weighted by Crippen LogP contribution is 2.20. The van der Waals surface area contributed by atoms with E-state index >= 15 is 0 Å². The summed E-state index contributed by atoms with van der Waals surface area (Å²) in [5.41, 5.74) is -0.229. The molecule has 1 unspecified atom stereocenters. The first-order valence-corrected chi connectivity index (χ1v) is 5.96. The number of likely N-dealkylation sites (tertiary alicyclic amines) is 1. The van der Waals surface area contributed by atoms with Crippen molar-refractivity contribution in [1.82, 2.24) is 4.90 Å². The van der Waals surface area contributed by atoms with Crippen LogP contribution in [0.2, 0.25) is 0 Å². The Morgan fingerprint density at radius 2 is 2.05 bits per heavy atom. The van der Waals surface area contributed by atoms with Crippen LogP contribution in [0.3, 0.4) is 0 Å². The fourth-order valence-electron chi connectivity index (χ4n) is 2.20. The van der Waals surface area contributed by atoms with Crippen molar-refractivity contribution in [3.8, 4) is 0 Å². The van der Waals surface area contributed by atoms with E-state index in [1.807, 2.05) is 0 Å². The van der Waals surface area contributed by atoms with Gasteiger partial charge in [0.2, 0.25) is 0 Å². The molecule has 1 fully saturated rings. The Hall–Kier alpha value is -1.98. The van der Waals surface area contributed by atoms with Crippen LogP contribution in [-0.4, -0.2) is 35.0 Å². The fraction of sp³-hybridized carbons (Fsp3) is 0.385. The smallest absolute Gasteiger partial charge is 0.308 e. The summed E-state index contributed by atoms with van der Waals surface area (Å²) in [6.45, 7) is 0.449. The summed E-state index contributed by atoms with van der Waals surface area (Å²) in [4.78, 5) is 24.3. The molecular formula is C13H13F2NO3. The lowest BCUT2D eigenvalue weighted by Gasteiger charge is -2.30. The molecule has 1 N–H and O–H groups in total. The Kier molecular flexibility index (Phi) is 3.78. The summed E-state index contributed by atoms with van der Waals surface area (Å²) in [5, 5.41) is 8.94. The van der Waals surface area contributed by atoms with Crippen LogP contribution in [0, 0.1) is 17.6 Å². The molecule has 1 saturated heterocycles. The molecule has 6 heteroatoms. The molecule has 1 aliphatic heterocycles. The number of aliphatic carboxylic acids is 1. The molecule has 1 aliphatic rings. The lowest BCUT2D eigenvalue weighted by molar-refractivity contribution is -0.143. The molecule has 1 heterocycles. The lowest BCUT2D eigenvalue weighted by Crippen LogP contribution is -2.42. The summed E-state index contributed by atoms with van der Waals surface area (Å²) < 4.78 is 26.3. The molecule has 102 valence electrons. The molecule has 1 aromatic carbocycles. The number of carbonyl (C=O) groups is 2. The van der Waals surface area contributed by atoms with Crippen LogP contribution < -0.4 is 0 Å². The Morgan fingerprint density at radius 3 is 2.68 bits per heavy atom. The van der Waals surface area contributed by atoms with E-state index in [4.69, 9.17) is 5.11 Å². The highest BCUT2D eigenvalue weighted by atomic mass is 19.1. The minimum absolute atomic E-state index is 0.0605. The standard InChI is InChI=1S/C13H13F2NO3/c14-9-3-4-10(11(15)6-9)12(17)16-5-1-2-8(7-16)13(18)19/h3-4,6,8H,1-2,5,7H2,(H,18,19). The largest absolute Gasteiger partial charge is 0.481 e. The quantitative estimate of drug-likeness (QED) is 0.892. The molecule has 0 radical (unpaired) electrons. The van der Waals surface area contributed by atoms with Crippen LogP contribution in [-0.2, 0) is 4.79 Å². The number of carboxylic acids is 1. The van der Waals surface area contributed by atoms with E-state index in [-0.39, 0.29) is 12.1 Å². The van der Waals surface area contributed by atoms with Gasteiger partial charge in [-0.2, -0.15) is 0 Å². The van der Waals surface area contributed by atoms with Crippen LogP contribution in [0.4, 0.5) is 8.78 Å². The lowest BCUT2D eigenvalue weighted by atomic mass is 9.97. The van der Waals surface area contributed by atoms with E-state index in [2.05, 4.69) is 0 Å². The summed E-state index contributed by atoms with van der Waals surface area (Å²) in [6.07, 6.45) is 1.07. The first-order valence-electron chi connectivity index (χ1n) is 5.96. The van der Waals surface area contributed by atoms with Gasteiger partial charge in [-0.3, -0.25) is 9.59 Å². The first kappa shape index (κ1) is 13.5. The van der Waals surface area contributed by atoms with Gasteiger partial charge in [0.05, 0.1) is 11.5 Å². The summed E-state index contributed by atoms with van der Waals surface area (Å²) in [5.74, 6) is -3.86. The van der Waals surface area contributed by atoms with Crippen molar-refractivity contribution >= 4 is 11.9 Å². The van der Waals surface area contributed by atoms with Crippen molar-refractivity contribution in [2.75, 3.05) is 13.1 Å². The molecule has 0 saturated carbocycles. The molecule has 0 aliphatic carbocycles. The Balaban J connectivity index is 2.17. The first-order chi connectivity index (χ1) is 8.99. The van der Waals surface area contributed by atoms with Crippen molar-refractivity contribution in [2.45, 2.75) is 12.8 Å². The van der Waals surface area contributed by atoms with Gasteiger partial charge in [-0.15, -0.1) is 0 Å². The SMILES string of the molecule is O=C(O)C1CCCN(C(=O)c2ccc(F)cc2F)C1. The van der Waals surface area contributed by atoms with Gasteiger partial charge in [-0.1, -0.05) is 0 Å². The molecular weight excluding hydrogens is 256 g/mol. The second-order valence-corrected chi connectivity index (χ2v) is 4.55. The number of rotatable bonds is 2. The molecule has 4 nitrogen and oxygen atoms in total. The van der Waals surface area contributed by atoms with E-state index in [1.165, 1.54) is 4.90 Å². The minimum atomic E-state index is -0.961. The molecule has 0 bridgehead atoms. The van der Waals surface area contributed by atoms with Crippen LogP contribution in [0.25, 0.3) is 0 Å². The van der Waals surface area contributed by atoms with Crippen molar-refractivity contribution < 1.29 is 23.5 Å². The second-order valence-electron chi connectivity index (χ2n) is 4.55. The number of hydrogen-bond acceptors (Lipinski definition) is 2. The van der Waals surface area contributed by atoms with Crippen LogP contribution in [0.1, 0.15) is 23.2 Å². The van der Waals surface area contributed by atoms with Gasteiger partial charge in [-0.05, 0) is 25.0 Å². The van der Waals surface area contributed by atoms with Crippen molar-refractivity contribution in [2.24, 2.45) is 5.92 Å². The summed E-state index contributed by atoms with van der Waals surface area (Å²) >= 11 is 0. The minimum Gasteiger partial charge on any atom is -0.481 e. The number of piperidine rings is 1. The highest BCUT2D eigenvalue weighted by molar-refractivity contribution is 5.94. The van der Waals surface area contributed by atoms with Gasteiger partial charge >= 0.3 is 5.97 Å². The van der Waals surface area contributed by atoms with Crippen molar-refractivity contribution in [1.29, 1.82) is 0 Å². The molecule has 19 heavy (non-hydrogen) atoms. The monoisotopic (exact) mass is 269 g/mol. The normalized spacial score (nSPS) is 19.3. The van der Waals surface area contributed by atoms with E-state index in [1.54, 1.807) is 0 Å². The van der Waals surface area contributed by atoms with Crippen molar-refractivity contribution in [3.63, 3.8) is 0 Å². The van der Waals surface area contributed by atoms with Gasteiger partial charge in [0.1, 0.15) is 11.6 Å². The van der Waals surface area contributed by atoms with E-state index in [9.17, 15) is 18.4 Å². The zero-order chi connectivity index (χ0) is 14.0. The van der Waals surface area contributed by atoms with Gasteiger partial charge in [0.25, 0.3) is 5.91 Å². The Bertz CT molecular complexity index is 519. The van der Waals surface area contributed by atoms with Gasteiger partial charge < -0.3 is 10.0 Å². The fourth-order valence-corrected chi connectivity index (χ4v) is 2.20. The van der Waals surface area contributed by atoms with Crippen LogP contribution >= 0.6 is 0 Å². The predicted molar refractivity (Wildman–Crippen MR) is 62.6 cm³/mol. The van der Waals surface area contributed by atoms with Crippen LogP contribution in [0.5, 0.6) is 0 Å². The molecule has 0 spiro atoms. The van der Waals surface area contributed by atoms with Gasteiger partial charge in [0, 0.05) is 19.2 Å². The zero-order valence-corrected chi connectivity index (χ0v) is 10.1. The van der Waals surface area contributed by atoms with Crippen LogP contribution in [0.15, 0.2) is 18.2 Å². The van der Waals surface area contributed by atoms with Gasteiger partial charge in [-0.25, -0.2) is 8.78 Å². The molecule has 1 aromatic rings. The maximum atomic E-state index is 13.5. The Morgan fingerprint density at radius 1 is 1.32 bits per heavy atom. The predicted octanol–water partition coefficient (Wildman–Crippen LogP) is 1.90. The summed E-state index contributed by atoms with van der Waals surface area (Å²) in [6, 6.07) is 2.73. The maximum absolute atomic E-state index is 13.5. The molecule has 2 rings (SSSR count). The average molecular weight is 269 g/mol. The number of amides is 1. The topological polar surface area (TPSA) is 57.6 Å². The maximum Gasteiger partial charge on any atom is 0.308 e. The zero-order valence-electron chi connectivity index (χ0n) is 10.1. The number of benzene rings is 1. The molecule has 0 aromatic heterocycles. The third kappa shape index (κ3) is 2.89. The van der Waals surface area contributed by atoms with E-state index < -0.39 is 29.4 Å². The number of halogens is 2. The number of carboxylic acid groups (broad SMARTS) is 1. The molecule has 1 amide bonds. The summed E-state index contributed by atoms with van der Waals surface area (Å²) in [7, 11) is 0. The Labute approximate surface area is 108 Å². The van der Waals surface area contributed by atoms with E-state index in [0.717, 1.165) is 12.1 Å². The average Bonchev–Trinajstić information content (AvgIpc) is 2.38. The third-order valence-electron chi connectivity index (χ3n) is 3.22. The van der Waals surface area contributed by atoms with E-state index in [0.29, 0.717) is 25.5 Å². The highest BCUT2D eigenvalue weighted by Gasteiger charge is 2.29. The third-order valence-corrected chi connectivity index (χ3v) is 3.22. The van der Waals surface area contributed by atoms with Gasteiger partial charge in [0.15, 0.2) is 0 Å². The number of carbonyl (C=O) groups excluding carboxylic acids is 1. The number of hydrogen-bond donors (Lipinski definition) is 1. The second kappa shape index (κ2) is 5.34. The van der Waals surface area contributed by atoms with Crippen molar-refractivity contribution in [3.05, 3.63) is 35.4 Å².